The second-order valence-electron chi connectivity index (χ2n) is 7.26. The fourth-order valence-electron chi connectivity index (χ4n) is 3.12. The molecule has 3 rings (SSSR count). The van der Waals surface area contributed by atoms with Gasteiger partial charge >= 0.3 is 5.97 Å². The summed E-state index contributed by atoms with van der Waals surface area (Å²) in [4.78, 5) is 38.8. The number of alkyl halides is 3. The van der Waals surface area contributed by atoms with Gasteiger partial charge < -0.3 is 20.7 Å². The molecule has 0 fully saturated rings. The number of hydrogen-bond donors (Lipinski definition) is 3. The predicted octanol–water partition coefficient (Wildman–Crippen LogP) is 6.02. The average molecular weight is 555 g/mol. The molecule has 35 heavy (non-hydrogen) atoms. The van der Waals surface area contributed by atoms with E-state index in [1.54, 1.807) is 68.4 Å². The third-order valence-corrected chi connectivity index (χ3v) is 6.65. The number of carbonyl (C=O) groups excluding carboxylic acids is 3. The van der Waals surface area contributed by atoms with E-state index >= 15 is 0 Å². The lowest BCUT2D eigenvalue weighted by atomic mass is 10.1. The van der Waals surface area contributed by atoms with Crippen molar-refractivity contribution in [3.63, 3.8) is 0 Å². The highest BCUT2D eigenvalue weighted by Crippen LogP contribution is 2.38. The van der Waals surface area contributed by atoms with E-state index in [1.807, 2.05) is 6.07 Å². The zero-order chi connectivity index (χ0) is 25.6. The lowest BCUT2D eigenvalue weighted by Gasteiger charge is -2.27. The molecule has 11 heteroatoms. The van der Waals surface area contributed by atoms with Gasteiger partial charge in [0.1, 0.15) is 11.2 Å². The third-order valence-electron chi connectivity index (χ3n) is 4.78. The first kappa shape index (κ1) is 26.8. The molecule has 1 unspecified atom stereocenters. The van der Waals surface area contributed by atoms with Crippen molar-refractivity contribution in [3.8, 4) is 0 Å². The standard InChI is InChI=1S/C24H22Cl3N3O4S/c1-3-34-22(33)17-14(2)18(20(32)28-16-12-8-5-9-13-16)35-21(17)30-23(24(25,26)27)29-19(31)15-10-6-4-7-11-15/h4-13,23,30H,3H2,1-2H3,(H,28,32)(H,29,31). The maximum absolute atomic E-state index is 13.0. The van der Waals surface area contributed by atoms with Gasteiger partial charge in [-0.25, -0.2) is 4.79 Å². The average Bonchev–Trinajstić information content (AvgIpc) is 3.15. The molecule has 0 aliphatic carbocycles. The van der Waals surface area contributed by atoms with Crippen LogP contribution in [-0.2, 0) is 4.74 Å². The van der Waals surface area contributed by atoms with Crippen LogP contribution in [0.2, 0.25) is 0 Å². The first-order valence-electron chi connectivity index (χ1n) is 10.5. The summed E-state index contributed by atoms with van der Waals surface area (Å²) in [5.74, 6) is -1.57. The van der Waals surface area contributed by atoms with Crippen molar-refractivity contribution >= 4 is 74.6 Å². The van der Waals surface area contributed by atoms with Crippen LogP contribution in [0.25, 0.3) is 0 Å². The van der Waals surface area contributed by atoms with Gasteiger partial charge in [-0.15, -0.1) is 11.3 Å². The van der Waals surface area contributed by atoms with Gasteiger partial charge in [0.05, 0.1) is 17.0 Å². The Morgan fingerprint density at radius 1 is 0.971 bits per heavy atom. The van der Waals surface area contributed by atoms with Crippen LogP contribution < -0.4 is 16.0 Å². The predicted molar refractivity (Wildman–Crippen MR) is 141 cm³/mol. The van der Waals surface area contributed by atoms with Gasteiger partial charge in [0.2, 0.25) is 3.79 Å². The summed E-state index contributed by atoms with van der Waals surface area (Å²) in [6, 6.07) is 17.3. The normalized spacial score (nSPS) is 11.9. The molecule has 3 N–H and O–H groups in total. The molecule has 0 spiro atoms. The Morgan fingerprint density at radius 2 is 1.57 bits per heavy atom. The van der Waals surface area contributed by atoms with Crippen LogP contribution >= 0.6 is 46.1 Å². The summed E-state index contributed by atoms with van der Waals surface area (Å²) in [6.45, 7) is 3.42. The topological polar surface area (TPSA) is 96.5 Å². The molecule has 2 aromatic carbocycles. The van der Waals surface area contributed by atoms with Crippen molar-refractivity contribution < 1.29 is 19.1 Å². The molecular formula is C24H22Cl3N3O4S. The Balaban J connectivity index is 1.95. The molecule has 0 aliphatic rings. The molecule has 7 nitrogen and oxygen atoms in total. The van der Waals surface area contributed by atoms with Crippen molar-refractivity contribution in [2.24, 2.45) is 0 Å². The first-order chi connectivity index (χ1) is 16.6. The first-order valence-corrected chi connectivity index (χ1v) is 12.4. The van der Waals surface area contributed by atoms with E-state index in [4.69, 9.17) is 39.5 Å². The number of rotatable bonds is 8. The Bertz CT molecular complexity index is 1200. The number of ether oxygens (including phenoxy) is 1. The minimum absolute atomic E-state index is 0.114. The van der Waals surface area contributed by atoms with Gasteiger partial charge in [-0.05, 0) is 43.7 Å². The van der Waals surface area contributed by atoms with Crippen molar-refractivity contribution in [2.75, 3.05) is 17.2 Å². The van der Waals surface area contributed by atoms with Gasteiger partial charge in [0.15, 0.2) is 0 Å². The van der Waals surface area contributed by atoms with Crippen molar-refractivity contribution in [1.82, 2.24) is 5.32 Å². The summed E-state index contributed by atoms with van der Waals surface area (Å²) in [5, 5.41) is 8.55. The summed E-state index contributed by atoms with van der Waals surface area (Å²) >= 11 is 19.4. The number of thiophene rings is 1. The number of anilines is 2. The lowest BCUT2D eigenvalue weighted by molar-refractivity contribution is 0.0527. The van der Waals surface area contributed by atoms with Gasteiger partial charge in [0, 0.05) is 11.3 Å². The molecular weight excluding hydrogens is 533 g/mol. The number of benzene rings is 2. The van der Waals surface area contributed by atoms with Crippen LogP contribution in [0, 0.1) is 6.92 Å². The van der Waals surface area contributed by atoms with Gasteiger partial charge in [-0.3, -0.25) is 9.59 Å². The Morgan fingerprint density at radius 3 is 2.14 bits per heavy atom. The molecule has 0 saturated heterocycles. The molecule has 1 atom stereocenters. The summed E-state index contributed by atoms with van der Waals surface area (Å²) in [7, 11) is 0. The van der Waals surface area contributed by atoms with Crippen LogP contribution in [0.15, 0.2) is 60.7 Å². The fraction of sp³-hybridized carbons (Fsp3) is 0.208. The van der Waals surface area contributed by atoms with Crippen molar-refractivity contribution in [2.45, 2.75) is 23.8 Å². The van der Waals surface area contributed by atoms with Crippen LogP contribution in [0.4, 0.5) is 10.7 Å². The molecule has 3 aromatic rings. The van der Waals surface area contributed by atoms with Crippen LogP contribution in [-0.4, -0.2) is 34.3 Å². The van der Waals surface area contributed by atoms with Crippen LogP contribution in [0.5, 0.6) is 0 Å². The quantitative estimate of drug-likeness (QED) is 0.180. The third kappa shape index (κ3) is 6.89. The number of esters is 1. The highest BCUT2D eigenvalue weighted by atomic mass is 35.6. The second kappa shape index (κ2) is 11.8. The molecule has 184 valence electrons. The van der Waals surface area contributed by atoms with Gasteiger partial charge in [0.25, 0.3) is 11.8 Å². The van der Waals surface area contributed by atoms with E-state index < -0.39 is 27.7 Å². The monoisotopic (exact) mass is 553 g/mol. The van der Waals surface area contributed by atoms with Crippen LogP contribution in [0.1, 0.15) is 42.9 Å². The van der Waals surface area contributed by atoms with E-state index in [-0.39, 0.29) is 22.0 Å². The number of hydrogen-bond acceptors (Lipinski definition) is 6. The minimum Gasteiger partial charge on any atom is -0.462 e. The number of nitrogens with one attached hydrogen (secondary N) is 3. The summed E-state index contributed by atoms with van der Waals surface area (Å²) < 4.78 is 3.19. The zero-order valence-electron chi connectivity index (χ0n) is 18.7. The maximum Gasteiger partial charge on any atom is 0.341 e. The molecule has 1 heterocycles. The molecule has 0 saturated carbocycles. The molecule has 0 bridgehead atoms. The van der Waals surface area contributed by atoms with Crippen LogP contribution in [0.3, 0.4) is 0 Å². The van der Waals surface area contributed by atoms with Crippen molar-refractivity contribution in [1.29, 1.82) is 0 Å². The van der Waals surface area contributed by atoms with E-state index in [9.17, 15) is 14.4 Å². The van der Waals surface area contributed by atoms with Gasteiger partial charge in [-0.1, -0.05) is 71.2 Å². The number of amides is 2. The fourth-order valence-corrected chi connectivity index (χ4v) is 4.57. The lowest BCUT2D eigenvalue weighted by Crippen LogP contribution is -2.49. The maximum atomic E-state index is 13.0. The summed E-state index contributed by atoms with van der Waals surface area (Å²) in [6.07, 6.45) is -1.24. The molecule has 2 amide bonds. The zero-order valence-corrected chi connectivity index (χ0v) is 21.8. The van der Waals surface area contributed by atoms with E-state index in [2.05, 4.69) is 16.0 Å². The Kier molecular flexibility index (Phi) is 9.02. The smallest absolute Gasteiger partial charge is 0.341 e. The Hall–Kier alpha value is -2.78. The molecule has 0 radical (unpaired) electrons. The highest BCUT2D eigenvalue weighted by Gasteiger charge is 2.37. The number of carbonyl (C=O) groups is 3. The van der Waals surface area contributed by atoms with E-state index in [0.29, 0.717) is 16.8 Å². The highest BCUT2D eigenvalue weighted by molar-refractivity contribution is 7.18. The number of halogens is 3. The number of para-hydroxylation sites is 1. The van der Waals surface area contributed by atoms with E-state index in [0.717, 1.165) is 11.3 Å². The summed E-state index contributed by atoms with van der Waals surface area (Å²) in [5.41, 5.74) is 1.45. The largest absolute Gasteiger partial charge is 0.462 e. The Labute approximate surface area is 221 Å². The minimum atomic E-state index is -2.00. The van der Waals surface area contributed by atoms with Crippen molar-refractivity contribution in [3.05, 3.63) is 82.2 Å². The van der Waals surface area contributed by atoms with E-state index in [1.165, 1.54) is 0 Å². The second-order valence-corrected chi connectivity index (χ2v) is 10.6. The molecule has 0 aliphatic heterocycles. The molecule has 1 aromatic heterocycles. The van der Waals surface area contributed by atoms with Gasteiger partial charge in [-0.2, -0.15) is 0 Å². The SMILES string of the molecule is CCOC(=O)c1c(NC(NC(=O)c2ccccc2)C(Cl)(Cl)Cl)sc(C(=O)Nc2ccccc2)c1C.